The lowest BCUT2D eigenvalue weighted by Gasteiger charge is -2.29. The van der Waals surface area contributed by atoms with Crippen LogP contribution in [0.25, 0.3) is 0 Å². The summed E-state index contributed by atoms with van der Waals surface area (Å²) in [5.74, 6) is -0.432. The van der Waals surface area contributed by atoms with E-state index in [1.807, 2.05) is 20.8 Å². The molecule has 138 valence electrons. The summed E-state index contributed by atoms with van der Waals surface area (Å²) < 4.78 is 0. The number of nitrogens with two attached hydrogens (primary N) is 1. The number of rotatable bonds is 11. The van der Waals surface area contributed by atoms with Gasteiger partial charge in [-0.3, -0.25) is 19.7 Å². The minimum absolute atomic E-state index is 0.271. The summed E-state index contributed by atoms with van der Waals surface area (Å²) in [4.78, 5) is 36.4. The molecule has 5 nitrogen and oxygen atoms in total. The van der Waals surface area contributed by atoms with Gasteiger partial charge in [-0.05, 0) is 31.1 Å². The van der Waals surface area contributed by atoms with Gasteiger partial charge < -0.3 is 5.73 Å². The Hall–Kier alpha value is -1.23. The second-order valence-electron chi connectivity index (χ2n) is 7.58. The average Bonchev–Trinajstić information content (AvgIpc) is 2.53. The molecule has 1 aliphatic rings. The molecule has 0 radical (unpaired) electrons. The van der Waals surface area contributed by atoms with Crippen LogP contribution < -0.4 is 11.1 Å². The van der Waals surface area contributed by atoms with Crippen molar-refractivity contribution in [3.63, 3.8) is 0 Å². The van der Waals surface area contributed by atoms with E-state index in [-0.39, 0.29) is 23.9 Å². The van der Waals surface area contributed by atoms with Crippen LogP contribution in [-0.2, 0) is 14.4 Å². The van der Waals surface area contributed by atoms with Gasteiger partial charge in [0.15, 0.2) is 5.78 Å². The molecule has 0 aromatic heterocycles. The highest BCUT2D eigenvalue weighted by Crippen LogP contribution is 2.28. The zero-order valence-corrected chi connectivity index (χ0v) is 15.5. The Morgan fingerprint density at radius 1 is 1.08 bits per heavy atom. The summed E-state index contributed by atoms with van der Waals surface area (Å²) in [6.45, 7) is 5.91. The van der Waals surface area contributed by atoms with Crippen molar-refractivity contribution >= 4 is 17.5 Å². The minimum atomic E-state index is -0.580. The van der Waals surface area contributed by atoms with Crippen molar-refractivity contribution in [1.82, 2.24) is 5.32 Å². The standard InChI is InChI=1S/C19H34N2O3/c1-4-8-17(22)18(23)15(12-14-9-6-5-7-10-14)21-16(19(20)24)11-13(2)3/h13-16,21H,4-12H2,1-3H3,(H2,20,24)/t15?,16-/m0/s1. The van der Waals surface area contributed by atoms with E-state index in [0.29, 0.717) is 25.2 Å². The molecular formula is C19H34N2O3. The van der Waals surface area contributed by atoms with Crippen molar-refractivity contribution in [2.75, 3.05) is 0 Å². The molecule has 3 N–H and O–H groups in total. The van der Waals surface area contributed by atoms with Crippen molar-refractivity contribution < 1.29 is 14.4 Å². The van der Waals surface area contributed by atoms with E-state index in [1.54, 1.807) is 0 Å². The predicted octanol–water partition coefficient (Wildman–Crippen LogP) is 2.75. The largest absolute Gasteiger partial charge is 0.368 e. The van der Waals surface area contributed by atoms with Gasteiger partial charge in [0, 0.05) is 6.42 Å². The van der Waals surface area contributed by atoms with Crippen LogP contribution >= 0.6 is 0 Å². The number of hydrogen-bond acceptors (Lipinski definition) is 4. The third-order valence-corrected chi connectivity index (χ3v) is 4.82. The highest BCUT2D eigenvalue weighted by Gasteiger charge is 2.31. The van der Waals surface area contributed by atoms with Crippen LogP contribution in [0, 0.1) is 11.8 Å². The van der Waals surface area contributed by atoms with Crippen molar-refractivity contribution in [1.29, 1.82) is 0 Å². The molecule has 1 aliphatic carbocycles. The van der Waals surface area contributed by atoms with Gasteiger partial charge in [0.2, 0.25) is 11.7 Å². The Labute approximate surface area is 146 Å². The lowest BCUT2D eigenvalue weighted by atomic mass is 9.83. The number of primary amides is 1. The maximum absolute atomic E-state index is 12.6. The second kappa shape index (κ2) is 10.6. The molecular weight excluding hydrogens is 304 g/mol. The topological polar surface area (TPSA) is 89.3 Å². The third kappa shape index (κ3) is 7.12. The summed E-state index contributed by atoms with van der Waals surface area (Å²) >= 11 is 0. The molecule has 5 heteroatoms. The summed E-state index contributed by atoms with van der Waals surface area (Å²) in [6.07, 6.45) is 7.94. The fourth-order valence-corrected chi connectivity index (χ4v) is 3.53. The Balaban J connectivity index is 2.82. The van der Waals surface area contributed by atoms with E-state index in [1.165, 1.54) is 19.3 Å². The molecule has 24 heavy (non-hydrogen) atoms. The van der Waals surface area contributed by atoms with E-state index >= 15 is 0 Å². The molecule has 0 bridgehead atoms. The Morgan fingerprint density at radius 2 is 1.71 bits per heavy atom. The fourth-order valence-electron chi connectivity index (χ4n) is 3.53. The molecule has 1 unspecified atom stereocenters. The maximum atomic E-state index is 12.6. The fraction of sp³-hybridized carbons (Fsp3) is 0.842. The van der Waals surface area contributed by atoms with Crippen LogP contribution in [0.1, 0.15) is 78.6 Å². The first-order chi connectivity index (χ1) is 11.3. The van der Waals surface area contributed by atoms with Gasteiger partial charge in [-0.1, -0.05) is 52.9 Å². The van der Waals surface area contributed by atoms with Crippen LogP contribution in [-0.4, -0.2) is 29.6 Å². The summed E-state index contributed by atoms with van der Waals surface area (Å²) in [5, 5.41) is 3.13. The van der Waals surface area contributed by atoms with Gasteiger partial charge in [-0.15, -0.1) is 0 Å². The minimum Gasteiger partial charge on any atom is -0.368 e. The smallest absolute Gasteiger partial charge is 0.234 e. The highest BCUT2D eigenvalue weighted by atomic mass is 16.2. The van der Waals surface area contributed by atoms with Gasteiger partial charge in [0.05, 0.1) is 12.1 Å². The molecule has 1 saturated carbocycles. The number of nitrogens with one attached hydrogen (secondary N) is 1. The van der Waals surface area contributed by atoms with Gasteiger partial charge in [-0.2, -0.15) is 0 Å². The monoisotopic (exact) mass is 338 g/mol. The van der Waals surface area contributed by atoms with E-state index < -0.39 is 18.0 Å². The first-order valence-electron chi connectivity index (χ1n) is 9.47. The number of hydrogen-bond donors (Lipinski definition) is 2. The predicted molar refractivity (Wildman–Crippen MR) is 95.5 cm³/mol. The molecule has 1 fully saturated rings. The quantitative estimate of drug-likeness (QED) is 0.567. The molecule has 0 aromatic rings. The first kappa shape index (κ1) is 20.8. The van der Waals surface area contributed by atoms with Gasteiger partial charge in [-0.25, -0.2) is 0 Å². The van der Waals surface area contributed by atoms with Crippen LogP contribution in [0.4, 0.5) is 0 Å². The number of ketones is 2. The van der Waals surface area contributed by atoms with Gasteiger partial charge in [0.1, 0.15) is 0 Å². The van der Waals surface area contributed by atoms with E-state index in [0.717, 1.165) is 12.8 Å². The normalized spacial score (nSPS) is 18.3. The van der Waals surface area contributed by atoms with E-state index in [2.05, 4.69) is 5.32 Å². The number of carbonyl (C=O) groups is 3. The lowest BCUT2D eigenvalue weighted by molar-refractivity contribution is -0.138. The second-order valence-corrected chi connectivity index (χ2v) is 7.58. The van der Waals surface area contributed by atoms with Crippen molar-refractivity contribution in [3.8, 4) is 0 Å². The van der Waals surface area contributed by atoms with E-state index in [4.69, 9.17) is 5.73 Å². The van der Waals surface area contributed by atoms with Crippen molar-refractivity contribution in [3.05, 3.63) is 0 Å². The van der Waals surface area contributed by atoms with Crippen molar-refractivity contribution in [2.24, 2.45) is 17.6 Å². The SMILES string of the molecule is CCCC(=O)C(=O)C(CC1CCCCC1)N[C@@H](CC(C)C)C(N)=O. The summed E-state index contributed by atoms with van der Waals surface area (Å²) in [7, 11) is 0. The first-order valence-corrected chi connectivity index (χ1v) is 9.47. The highest BCUT2D eigenvalue weighted by molar-refractivity contribution is 6.39. The molecule has 0 saturated heterocycles. The zero-order valence-electron chi connectivity index (χ0n) is 15.5. The van der Waals surface area contributed by atoms with Gasteiger partial charge in [0.25, 0.3) is 0 Å². The number of amides is 1. The molecule has 0 aliphatic heterocycles. The summed E-state index contributed by atoms with van der Waals surface area (Å²) in [5.41, 5.74) is 5.50. The summed E-state index contributed by atoms with van der Waals surface area (Å²) in [6, 6.07) is -1.14. The van der Waals surface area contributed by atoms with Crippen LogP contribution in [0.15, 0.2) is 0 Å². The van der Waals surface area contributed by atoms with Crippen LogP contribution in [0.2, 0.25) is 0 Å². The molecule has 1 rings (SSSR count). The molecule has 1 amide bonds. The molecule has 2 atom stereocenters. The Kier molecular flexibility index (Phi) is 9.19. The zero-order chi connectivity index (χ0) is 18.1. The van der Waals surface area contributed by atoms with Gasteiger partial charge >= 0.3 is 0 Å². The van der Waals surface area contributed by atoms with E-state index in [9.17, 15) is 14.4 Å². The molecule has 0 spiro atoms. The van der Waals surface area contributed by atoms with Crippen LogP contribution in [0.3, 0.4) is 0 Å². The molecule has 0 heterocycles. The third-order valence-electron chi connectivity index (χ3n) is 4.82. The number of Topliss-reactive ketones (excluding diaryl/α,β-unsaturated/α-hetero) is 2. The molecule has 0 aromatic carbocycles. The maximum Gasteiger partial charge on any atom is 0.234 e. The van der Waals surface area contributed by atoms with Crippen LogP contribution in [0.5, 0.6) is 0 Å². The Bertz CT molecular complexity index is 428. The average molecular weight is 338 g/mol. The Morgan fingerprint density at radius 3 is 2.21 bits per heavy atom. The van der Waals surface area contributed by atoms with Crippen molar-refractivity contribution in [2.45, 2.75) is 90.6 Å². The number of carbonyl (C=O) groups excluding carboxylic acids is 3. The lowest BCUT2D eigenvalue weighted by Crippen LogP contribution is -2.52.